The van der Waals surface area contributed by atoms with Crippen LogP contribution in [0.3, 0.4) is 0 Å². The van der Waals surface area contributed by atoms with Gasteiger partial charge in [0.15, 0.2) is 0 Å². The summed E-state index contributed by atoms with van der Waals surface area (Å²) >= 11 is 0. The molecule has 0 fully saturated rings. The second-order valence-electron chi connectivity index (χ2n) is 5.89. The Kier molecular flexibility index (Phi) is 5.93. The Morgan fingerprint density at radius 3 is 2.25 bits per heavy atom. The van der Waals surface area contributed by atoms with Gasteiger partial charge in [-0.25, -0.2) is 0 Å². The largest absolute Gasteiger partial charge is 0.466 e. The van der Waals surface area contributed by atoms with Crippen molar-refractivity contribution in [1.82, 2.24) is 0 Å². The second-order valence-corrected chi connectivity index (χ2v) is 7.76. The van der Waals surface area contributed by atoms with Gasteiger partial charge in [0.25, 0.3) is 0 Å². The minimum atomic E-state index is -1.19. The SMILES string of the molecule is CCOC(=O)CC(C)S(=O)c1ccc(C(C)(C)C)cc1. The molecule has 1 aromatic rings. The summed E-state index contributed by atoms with van der Waals surface area (Å²) in [6.45, 7) is 10.4. The molecule has 0 aliphatic carbocycles. The Morgan fingerprint density at radius 2 is 1.80 bits per heavy atom. The molecule has 112 valence electrons. The molecule has 0 aliphatic heterocycles. The van der Waals surface area contributed by atoms with Crippen molar-refractivity contribution in [3.8, 4) is 0 Å². The standard InChI is InChI=1S/C16H24O3S/c1-6-19-15(17)11-12(2)20(18)14-9-7-13(8-10-14)16(3,4)5/h7-10,12H,6,11H2,1-5H3. The van der Waals surface area contributed by atoms with Crippen LogP contribution in [-0.2, 0) is 25.7 Å². The van der Waals surface area contributed by atoms with Crippen molar-refractivity contribution in [2.45, 2.75) is 56.6 Å². The van der Waals surface area contributed by atoms with Crippen LogP contribution in [0.2, 0.25) is 0 Å². The van der Waals surface area contributed by atoms with E-state index in [1.807, 2.05) is 31.2 Å². The smallest absolute Gasteiger partial charge is 0.306 e. The highest BCUT2D eigenvalue weighted by Crippen LogP contribution is 2.24. The summed E-state index contributed by atoms with van der Waals surface area (Å²) in [4.78, 5) is 12.2. The molecule has 0 radical (unpaired) electrons. The minimum Gasteiger partial charge on any atom is -0.466 e. The van der Waals surface area contributed by atoms with E-state index in [0.29, 0.717) is 6.61 Å². The van der Waals surface area contributed by atoms with Crippen molar-refractivity contribution in [2.75, 3.05) is 6.61 Å². The van der Waals surface area contributed by atoms with E-state index >= 15 is 0 Å². The van der Waals surface area contributed by atoms with Gasteiger partial charge in [0.05, 0.1) is 23.8 Å². The van der Waals surface area contributed by atoms with Gasteiger partial charge >= 0.3 is 5.97 Å². The summed E-state index contributed by atoms with van der Waals surface area (Å²) < 4.78 is 17.2. The first-order valence-electron chi connectivity index (χ1n) is 6.92. The quantitative estimate of drug-likeness (QED) is 0.782. The van der Waals surface area contributed by atoms with Crippen molar-refractivity contribution in [1.29, 1.82) is 0 Å². The minimum absolute atomic E-state index is 0.0799. The first-order chi connectivity index (χ1) is 9.25. The Balaban J connectivity index is 2.75. The lowest BCUT2D eigenvalue weighted by molar-refractivity contribution is -0.143. The fourth-order valence-corrected chi connectivity index (χ4v) is 3.01. The van der Waals surface area contributed by atoms with E-state index in [-0.39, 0.29) is 23.1 Å². The van der Waals surface area contributed by atoms with Gasteiger partial charge in [0, 0.05) is 10.1 Å². The molecule has 2 atom stereocenters. The molecule has 0 N–H and O–H groups in total. The molecule has 20 heavy (non-hydrogen) atoms. The monoisotopic (exact) mass is 296 g/mol. The highest BCUT2D eigenvalue weighted by atomic mass is 32.2. The maximum Gasteiger partial charge on any atom is 0.306 e. The molecule has 0 aliphatic rings. The predicted octanol–water partition coefficient (Wildman–Crippen LogP) is 3.43. The van der Waals surface area contributed by atoms with Gasteiger partial charge in [0.2, 0.25) is 0 Å². The van der Waals surface area contributed by atoms with Gasteiger partial charge in [-0.2, -0.15) is 0 Å². The van der Waals surface area contributed by atoms with E-state index in [9.17, 15) is 9.00 Å². The molecule has 0 saturated carbocycles. The first kappa shape index (κ1) is 16.9. The Bertz CT molecular complexity index is 471. The lowest BCUT2D eigenvalue weighted by Crippen LogP contribution is -2.18. The molecule has 2 unspecified atom stereocenters. The van der Waals surface area contributed by atoms with Gasteiger partial charge in [-0.3, -0.25) is 9.00 Å². The van der Waals surface area contributed by atoms with Crippen LogP contribution in [0.5, 0.6) is 0 Å². The molecular weight excluding hydrogens is 272 g/mol. The molecule has 1 aromatic carbocycles. The van der Waals surface area contributed by atoms with E-state index in [4.69, 9.17) is 4.74 Å². The van der Waals surface area contributed by atoms with E-state index in [2.05, 4.69) is 20.8 Å². The summed E-state index contributed by atoms with van der Waals surface area (Å²) in [6.07, 6.45) is 0.182. The van der Waals surface area contributed by atoms with Crippen molar-refractivity contribution in [2.24, 2.45) is 0 Å². The zero-order chi connectivity index (χ0) is 15.3. The number of benzene rings is 1. The molecular formula is C16H24O3S. The Labute approximate surface area is 124 Å². The second kappa shape index (κ2) is 7.02. The molecule has 0 bridgehead atoms. The van der Waals surface area contributed by atoms with Gasteiger partial charge in [0.1, 0.15) is 0 Å². The average Bonchev–Trinajstić information content (AvgIpc) is 2.37. The lowest BCUT2D eigenvalue weighted by atomic mass is 9.87. The maximum absolute atomic E-state index is 12.3. The fraction of sp³-hybridized carbons (Fsp3) is 0.562. The molecule has 0 spiro atoms. The van der Waals surface area contributed by atoms with Crippen LogP contribution in [0.4, 0.5) is 0 Å². The zero-order valence-corrected chi connectivity index (χ0v) is 13.8. The maximum atomic E-state index is 12.3. The van der Waals surface area contributed by atoms with E-state index < -0.39 is 10.8 Å². The summed E-state index contributed by atoms with van der Waals surface area (Å²) in [5.41, 5.74) is 1.28. The van der Waals surface area contributed by atoms with Gasteiger partial charge in [-0.05, 0) is 37.0 Å². The number of rotatable bonds is 5. The van der Waals surface area contributed by atoms with Crippen LogP contribution in [0.15, 0.2) is 29.2 Å². The summed E-state index contributed by atoms with van der Waals surface area (Å²) in [7, 11) is -1.19. The van der Waals surface area contributed by atoms with Gasteiger partial charge in [-0.15, -0.1) is 0 Å². The van der Waals surface area contributed by atoms with Crippen molar-refractivity contribution in [3.05, 3.63) is 29.8 Å². The summed E-state index contributed by atoms with van der Waals surface area (Å²) in [5.74, 6) is -0.292. The van der Waals surface area contributed by atoms with Crippen LogP contribution in [0.1, 0.15) is 46.6 Å². The molecule has 3 nitrogen and oxygen atoms in total. The van der Waals surface area contributed by atoms with Crippen LogP contribution >= 0.6 is 0 Å². The molecule has 0 amide bonds. The average molecular weight is 296 g/mol. The lowest BCUT2D eigenvalue weighted by Gasteiger charge is -2.19. The highest BCUT2D eigenvalue weighted by Gasteiger charge is 2.19. The molecule has 0 aromatic heterocycles. The third-order valence-corrected chi connectivity index (χ3v) is 4.71. The van der Waals surface area contributed by atoms with Gasteiger partial charge in [-0.1, -0.05) is 32.9 Å². The van der Waals surface area contributed by atoms with Crippen LogP contribution < -0.4 is 0 Å². The number of carbonyl (C=O) groups is 1. The molecule has 1 rings (SSSR count). The van der Waals surface area contributed by atoms with Crippen LogP contribution in [-0.4, -0.2) is 22.0 Å². The molecule has 0 heterocycles. The number of hydrogen-bond acceptors (Lipinski definition) is 3. The number of hydrogen-bond donors (Lipinski definition) is 0. The highest BCUT2D eigenvalue weighted by molar-refractivity contribution is 7.85. The number of ether oxygens (including phenoxy) is 1. The third-order valence-electron chi connectivity index (χ3n) is 3.08. The van der Waals surface area contributed by atoms with E-state index in [0.717, 1.165) is 4.90 Å². The Hall–Kier alpha value is -1.16. The van der Waals surface area contributed by atoms with Crippen LogP contribution in [0.25, 0.3) is 0 Å². The predicted molar refractivity (Wildman–Crippen MR) is 82.3 cm³/mol. The number of carbonyl (C=O) groups excluding carboxylic acids is 1. The Morgan fingerprint density at radius 1 is 1.25 bits per heavy atom. The van der Waals surface area contributed by atoms with Gasteiger partial charge < -0.3 is 4.74 Å². The molecule has 4 heteroatoms. The normalized spacial score (nSPS) is 14.7. The van der Waals surface area contributed by atoms with Crippen molar-refractivity contribution < 1.29 is 13.7 Å². The zero-order valence-electron chi connectivity index (χ0n) is 12.9. The number of esters is 1. The summed E-state index contributed by atoms with van der Waals surface area (Å²) in [5, 5.41) is -0.241. The van der Waals surface area contributed by atoms with Crippen molar-refractivity contribution in [3.63, 3.8) is 0 Å². The summed E-state index contributed by atoms with van der Waals surface area (Å²) in [6, 6.07) is 7.78. The molecule has 0 saturated heterocycles. The first-order valence-corrected chi connectivity index (χ1v) is 8.13. The van der Waals surface area contributed by atoms with E-state index in [1.165, 1.54) is 5.56 Å². The van der Waals surface area contributed by atoms with E-state index in [1.54, 1.807) is 6.92 Å². The van der Waals surface area contributed by atoms with Crippen LogP contribution in [0, 0.1) is 0 Å². The topological polar surface area (TPSA) is 43.4 Å². The third kappa shape index (κ3) is 4.75. The van der Waals surface area contributed by atoms with Crippen molar-refractivity contribution >= 4 is 16.8 Å². The fourth-order valence-electron chi connectivity index (χ4n) is 1.85.